The van der Waals surface area contributed by atoms with Gasteiger partial charge in [-0.2, -0.15) is 0 Å². The lowest BCUT2D eigenvalue weighted by Gasteiger charge is -2.32. The number of amides is 3. The fourth-order valence-corrected chi connectivity index (χ4v) is 3.71. The molecule has 1 atom stereocenters. The summed E-state index contributed by atoms with van der Waals surface area (Å²) in [6.07, 6.45) is 4.17. The second-order valence-electron chi connectivity index (χ2n) is 6.71. The monoisotopic (exact) mass is 427 g/mol. The lowest BCUT2D eigenvalue weighted by atomic mass is 10.0. The number of piperidine rings is 1. The van der Waals surface area contributed by atoms with Crippen LogP contribution in [0.1, 0.15) is 41.7 Å². The average molecular weight is 428 g/mol. The standard InChI is InChI=1S/C19H20Cl2FN3O3/c1-11(14-8-17(22)16(21)9-15(14)20)23-19(27)24-13-2-5-25(6-3-13)18(26)12-4-7-28-10-12/h4,7-11,13H,2-3,5-6H2,1H3,(H2,23,24,27). The summed E-state index contributed by atoms with van der Waals surface area (Å²) in [4.78, 5) is 26.3. The van der Waals surface area contributed by atoms with E-state index in [9.17, 15) is 14.0 Å². The molecule has 1 unspecified atom stereocenters. The van der Waals surface area contributed by atoms with Gasteiger partial charge < -0.3 is 20.0 Å². The maximum Gasteiger partial charge on any atom is 0.315 e. The highest BCUT2D eigenvalue weighted by atomic mass is 35.5. The SMILES string of the molecule is CC(NC(=O)NC1CCN(C(=O)c2ccoc2)CC1)c1cc(F)c(Cl)cc1Cl. The Morgan fingerprint density at radius 3 is 2.61 bits per heavy atom. The van der Waals surface area contributed by atoms with E-state index in [-0.39, 0.29) is 28.0 Å². The minimum absolute atomic E-state index is 0.0574. The van der Waals surface area contributed by atoms with Crippen LogP contribution in [-0.4, -0.2) is 36.0 Å². The second-order valence-corrected chi connectivity index (χ2v) is 7.52. The van der Waals surface area contributed by atoms with Crippen molar-refractivity contribution in [2.75, 3.05) is 13.1 Å². The second kappa shape index (κ2) is 8.84. The topological polar surface area (TPSA) is 74.6 Å². The molecule has 3 amide bonds. The number of nitrogens with one attached hydrogen (secondary N) is 2. The molecule has 2 heterocycles. The molecule has 1 fully saturated rings. The number of urea groups is 1. The van der Waals surface area contributed by atoms with Crippen molar-refractivity contribution in [1.29, 1.82) is 0 Å². The van der Waals surface area contributed by atoms with Gasteiger partial charge in [0.05, 0.1) is 22.9 Å². The molecule has 2 aromatic rings. The Morgan fingerprint density at radius 2 is 1.96 bits per heavy atom. The van der Waals surface area contributed by atoms with E-state index >= 15 is 0 Å². The third-order valence-corrected chi connectivity index (χ3v) is 5.36. The molecule has 0 spiro atoms. The highest BCUT2D eigenvalue weighted by Gasteiger charge is 2.25. The molecule has 6 nitrogen and oxygen atoms in total. The number of halogens is 3. The summed E-state index contributed by atoms with van der Waals surface area (Å²) in [6.45, 7) is 2.79. The van der Waals surface area contributed by atoms with Crippen molar-refractivity contribution in [1.82, 2.24) is 15.5 Å². The smallest absolute Gasteiger partial charge is 0.315 e. The van der Waals surface area contributed by atoms with E-state index in [1.165, 1.54) is 24.7 Å². The zero-order valence-electron chi connectivity index (χ0n) is 15.2. The fraction of sp³-hybridized carbons (Fsp3) is 0.368. The Labute approximate surface area is 172 Å². The molecule has 0 saturated carbocycles. The first-order valence-corrected chi connectivity index (χ1v) is 9.63. The number of carbonyl (C=O) groups is 2. The molecular weight excluding hydrogens is 408 g/mol. The quantitative estimate of drug-likeness (QED) is 0.710. The number of hydrogen-bond acceptors (Lipinski definition) is 3. The molecule has 1 aromatic heterocycles. The Bertz CT molecular complexity index is 852. The molecule has 0 aliphatic carbocycles. The van der Waals surface area contributed by atoms with Crippen molar-refractivity contribution >= 4 is 35.1 Å². The number of nitrogens with zero attached hydrogens (tertiary/aromatic N) is 1. The summed E-state index contributed by atoms with van der Waals surface area (Å²) in [6, 6.07) is 3.23. The third kappa shape index (κ3) is 4.77. The zero-order chi connectivity index (χ0) is 20.3. The maximum absolute atomic E-state index is 13.7. The van der Waals surface area contributed by atoms with Crippen LogP contribution in [0.4, 0.5) is 9.18 Å². The van der Waals surface area contributed by atoms with Gasteiger partial charge in [0, 0.05) is 24.2 Å². The van der Waals surface area contributed by atoms with Crippen LogP contribution in [0.5, 0.6) is 0 Å². The molecule has 1 aliphatic rings. The number of carbonyl (C=O) groups excluding carboxylic acids is 2. The summed E-state index contributed by atoms with van der Waals surface area (Å²) in [5.74, 6) is -0.672. The van der Waals surface area contributed by atoms with Crippen LogP contribution in [0.25, 0.3) is 0 Å². The number of likely N-dealkylation sites (tertiary alicyclic amines) is 1. The minimum atomic E-state index is -0.593. The van der Waals surface area contributed by atoms with Gasteiger partial charge in [-0.05, 0) is 43.5 Å². The van der Waals surface area contributed by atoms with Crippen LogP contribution in [0, 0.1) is 5.82 Å². The normalized spacial score (nSPS) is 15.9. The van der Waals surface area contributed by atoms with Gasteiger partial charge in [-0.15, -0.1) is 0 Å². The van der Waals surface area contributed by atoms with Crippen LogP contribution in [-0.2, 0) is 0 Å². The van der Waals surface area contributed by atoms with Gasteiger partial charge in [0.2, 0.25) is 0 Å². The van der Waals surface area contributed by atoms with E-state index < -0.39 is 11.9 Å². The van der Waals surface area contributed by atoms with Crippen molar-refractivity contribution in [3.8, 4) is 0 Å². The molecule has 0 radical (unpaired) electrons. The van der Waals surface area contributed by atoms with Gasteiger partial charge in [0.1, 0.15) is 12.1 Å². The van der Waals surface area contributed by atoms with Crippen molar-refractivity contribution < 1.29 is 18.4 Å². The Hall–Kier alpha value is -2.25. The first-order valence-electron chi connectivity index (χ1n) is 8.88. The molecule has 3 rings (SSSR count). The molecule has 0 bridgehead atoms. The maximum atomic E-state index is 13.7. The average Bonchev–Trinajstić information content (AvgIpc) is 3.19. The first kappa shape index (κ1) is 20.5. The Morgan fingerprint density at radius 1 is 1.25 bits per heavy atom. The highest BCUT2D eigenvalue weighted by molar-refractivity contribution is 6.35. The van der Waals surface area contributed by atoms with Crippen molar-refractivity contribution in [2.45, 2.75) is 31.8 Å². The van der Waals surface area contributed by atoms with Gasteiger partial charge in [-0.1, -0.05) is 23.2 Å². The van der Waals surface area contributed by atoms with Gasteiger partial charge >= 0.3 is 6.03 Å². The lowest BCUT2D eigenvalue weighted by molar-refractivity contribution is 0.0707. The van der Waals surface area contributed by atoms with Crippen LogP contribution in [0.15, 0.2) is 35.1 Å². The minimum Gasteiger partial charge on any atom is -0.472 e. The Balaban J connectivity index is 1.49. The predicted octanol–water partition coefficient (Wildman–Crippen LogP) is 4.39. The van der Waals surface area contributed by atoms with Crippen LogP contribution < -0.4 is 10.6 Å². The van der Waals surface area contributed by atoms with E-state index in [4.69, 9.17) is 27.6 Å². The van der Waals surface area contributed by atoms with Gasteiger partial charge in [0.25, 0.3) is 5.91 Å². The Kier molecular flexibility index (Phi) is 6.46. The molecule has 150 valence electrons. The summed E-state index contributed by atoms with van der Waals surface area (Å²) in [7, 11) is 0. The molecular formula is C19H20Cl2FN3O3. The predicted molar refractivity (Wildman–Crippen MR) is 104 cm³/mol. The summed E-state index contributed by atoms with van der Waals surface area (Å²) in [5, 5.41) is 5.86. The van der Waals surface area contributed by atoms with E-state index in [0.29, 0.717) is 37.1 Å². The molecule has 2 N–H and O–H groups in total. The largest absolute Gasteiger partial charge is 0.472 e. The zero-order valence-corrected chi connectivity index (χ0v) is 16.7. The van der Waals surface area contributed by atoms with Gasteiger partial charge in [0.15, 0.2) is 0 Å². The molecule has 1 saturated heterocycles. The highest BCUT2D eigenvalue weighted by Crippen LogP contribution is 2.28. The van der Waals surface area contributed by atoms with Crippen LogP contribution >= 0.6 is 23.2 Å². The van der Waals surface area contributed by atoms with Crippen LogP contribution in [0.3, 0.4) is 0 Å². The van der Waals surface area contributed by atoms with Gasteiger partial charge in [-0.25, -0.2) is 9.18 Å². The van der Waals surface area contributed by atoms with Crippen molar-refractivity contribution in [3.05, 3.63) is 57.7 Å². The van der Waals surface area contributed by atoms with Crippen molar-refractivity contribution in [3.63, 3.8) is 0 Å². The summed E-state index contributed by atoms with van der Waals surface area (Å²) < 4.78 is 18.6. The number of rotatable bonds is 4. The van der Waals surface area contributed by atoms with E-state index in [1.54, 1.807) is 17.9 Å². The number of benzene rings is 1. The molecule has 1 aliphatic heterocycles. The third-order valence-electron chi connectivity index (χ3n) is 4.74. The lowest BCUT2D eigenvalue weighted by Crippen LogP contribution is -2.49. The fourth-order valence-electron chi connectivity index (χ4n) is 3.17. The first-order chi connectivity index (χ1) is 13.3. The molecule has 28 heavy (non-hydrogen) atoms. The van der Waals surface area contributed by atoms with Crippen molar-refractivity contribution in [2.24, 2.45) is 0 Å². The summed E-state index contributed by atoms with van der Waals surface area (Å²) in [5.41, 5.74) is 0.962. The van der Waals surface area contributed by atoms with E-state index in [1.807, 2.05) is 0 Å². The number of furan rings is 1. The van der Waals surface area contributed by atoms with Gasteiger partial charge in [-0.3, -0.25) is 4.79 Å². The van der Waals surface area contributed by atoms with E-state index in [2.05, 4.69) is 10.6 Å². The number of hydrogen-bond donors (Lipinski definition) is 2. The summed E-state index contributed by atoms with van der Waals surface area (Å²) >= 11 is 11.8. The van der Waals surface area contributed by atoms with E-state index in [0.717, 1.165) is 0 Å². The van der Waals surface area contributed by atoms with Crippen LogP contribution in [0.2, 0.25) is 10.0 Å². The molecule has 9 heteroatoms. The molecule has 1 aromatic carbocycles.